The van der Waals surface area contributed by atoms with E-state index in [9.17, 15) is 19.2 Å². The van der Waals surface area contributed by atoms with Crippen molar-refractivity contribution in [1.29, 1.82) is 0 Å². The number of aromatic amines is 1. The molecule has 0 aromatic carbocycles. The Morgan fingerprint density at radius 3 is 2.40 bits per heavy atom. The zero-order valence-electron chi connectivity index (χ0n) is 10.7. The first-order valence-corrected chi connectivity index (χ1v) is 5.76. The van der Waals surface area contributed by atoms with E-state index in [1.165, 1.54) is 19.2 Å². The molecular formula is C12H14N2O6. The molecule has 108 valence electrons. The average Bonchev–Trinajstić information content (AvgIpc) is 2.83. The van der Waals surface area contributed by atoms with Gasteiger partial charge < -0.3 is 20.5 Å². The predicted molar refractivity (Wildman–Crippen MR) is 66.6 cm³/mol. The fourth-order valence-electron chi connectivity index (χ4n) is 1.49. The lowest BCUT2D eigenvalue weighted by Gasteiger charge is -2.12. The largest absolute Gasteiger partial charge is 0.481 e. The molecule has 1 heterocycles. The van der Waals surface area contributed by atoms with E-state index in [-0.39, 0.29) is 24.3 Å². The van der Waals surface area contributed by atoms with Gasteiger partial charge in [0.05, 0.1) is 0 Å². The van der Waals surface area contributed by atoms with E-state index in [4.69, 9.17) is 10.2 Å². The van der Waals surface area contributed by atoms with Gasteiger partial charge in [0.15, 0.2) is 5.78 Å². The Morgan fingerprint density at radius 2 is 1.95 bits per heavy atom. The van der Waals surface area contributed by atoms with E-state index < -0.39 is 23.9 Å². The van der Waals surface area contributed by atoms with Crippen LogP contribution in [0.3, 0.4) is 0 Å². The van der Waals surface area contributed by atoms with Crippen molar-refractivity contribution < 1.29 is 29.4 Å². The van der Waals surface area contributed by atoms with Crippen LogP contribution >= 0.6 is 0 Å². The summed E-state index contributed by atoms with van der Waals surface area (Å²) in [7, 11) is 0. The number of carbonyl (C=O) groups excluding carboxylic acids is 2. The number of aliphatic carboxylic acids is 2. The molecule has 0 spiro atoms. The maximum Gasteiger partial charge on any atom is 0.326 e. The third-order valence-corrected chi connectivity index (χ3v) is 2.58. The van der Waals surface area contributed by atoms with Gasteiger partial charge in [0.25, 0.3) is 5.91 Å². The molecule has 8 heteroatoms. The number of nitrogens with one attached hydrogen (secondary N) is 2. The van der Waals surface area contributed by atoms with Crippen LogP contribution in [0, 0.1) is 0 Å². The summed E-state index contributed by atoms with van der Waals surface area (Å²) in [6.45, 7) is 1.33. The highest BCUT2D eigenvalue weighted by molar-refractivity contribution is 6.00. The lowest BCUT2D eigenvalue weighted by Crippen LogP contribution is -2.41. The minimum atomic E-state index is -1.32. The van der Waals surface area contributed by atoms with Crippen LogP contribution in [0.2, 0.25) is 0 Å². The van der Waals surface area contributed by atoms with Crippen LogP contribution in [0.1, 0.15) is 40.6 Å². The molecular weight excluding hydrogens is 268 g/mol. The number of carbonyl (C=O) groups is 4. The summed E-state index contributed by atoms with van der Waals surface area (Å²) in [6, 6.07) is -0.00370. The number of amides is 1. The molecule has 0 aliphatic heterocycles. The third kappa shape index (κ3) is 4.23. The van der Waals surface area contributed by atoms with E-state index in [0.717, 1.165) is 0 Å². The van der Waals surface area contributed by atoms with E-state index >= 15 is 0 Å². The van der Waals surface area contributed by atoms with Crippen LogP contribution in [0.4, 0.5) is 0 Å². The number of Topliss-reactive ketones (excluding diaryl/α,β-unsaturated/α-hetero) is 1. The SMILES string of the molecule is CC(=O)c1c[nH]c(C(=O)N[C@@H](CCC(=O)O)C(=O)O)c1. The zero-order chi connectivity index (χ0) is 15.3. The average molecular weight is 282 g/mol. The Balaban J connectivity index is 2.72. The van der Waals surface area contributed by atoms with Crippen molar-refractivity contribution in [1.82, 2.24) is 10.3 Å². The third-order valence-electron chi connectivity index (χ3n) is 2.58. The molecule has 1 amide bonds. The van der Waals surface area contributed by atoms with Crippen LogP contribution in [0.25, 0.3) is 0 Å². The summed E-state index contributed by atoms with van der Waals surface area (Å²) in [5.74, 6) is -3.42. The second-order valence-corrected chi connectivity index (χ2v) is 4.15. The highest BCUT2D eigenvalue weighted by atomic mass is 16.4. The predicted octanol–water partition coefficient (Wildman–Crippen LogP) is 0.265. The summed E-state index contributed by atoms with van der Waals surface area (Å²) in [5.41, 5.74) is 0.337. The van der Waals surface area contributed by atoms with Crippen molar-refractivity contribution >= 4 is 23.6 Å². The fourth-order valence-corrected chi connectivity index (χ4v) is 1.49. The molecule has 1 aromatic heterocycles. The first-order valence-electron chi connectivity index (χ1n) is 5.76. The maximum atomic E-state index is 11.8. The number of hydrogen-bond donors (Lipinski definition) is 4. The first-order chi connectivity index (χ1) is 9.31. The second-order valence-electron chi connectivity index (χ2n) is 4.15. The Hall–Kier alpha value is -2.64. The molecule has 1 rings (SSSR count). The van der Waals surface area contributed by atoms with Gasteiger partial charge in [0.1, 0.15) is 11.7 Å². The van der Waals surface area contributed by atoms with Gasteiger partial charge in [0, 0.05) is 18.2 Å². The van der Waals surface area contributed by atoms with Gasteiger partial charge in [-0.2, -0.15) is 0 Å². The summed E-state index contributed by atoms with van der Waals surface area (Å²) < 4.78 is 0. The Morgan fingerprint density at radius 1 is 1.30 bits per heavy atom. The normalized spacial score (nSPS) is 11.7. The number of carboxylic acid groups (broad SMARTS) is 2. The van der Waals surface area contributed by atoms with Crippen LogP contribution in [0.5, 0.6) is 0 Å². The highest BCUT2D eigenvalue weighted by Gasteiger charge is 2.22. The van der Waals surface area contributed by atoms with Crippen molar-refractivity contribution in [2.24, 2.45) is 0 Å². The van der Waals surface area contributed by atoms with Crippen molar-refractivity contribution in [3.8, 4) is 0 Å². The lowest BCUT2D eigenvalue weighted by atomic mass is 10.1. The quantitative estimate of drug-likeness (QED) is 0.530. The number of aromatic nitrogens is 1. The number of ketones is 1. The standard InChI is InChI=1S/C12H14N2O6/c1-6(15)7-4-9(13-5-7)11(18)14-8(12(19)20)2-3-10(16)17/h4-5,8,13H,2-3H2,1H3,(H,14,18)(H,16,17)(H,19,20)/t8-/m0/s1. The van der Waals surface area contributed by atoms with Gasteiger partial charge >= 0.3 is 11.9 Å². The number of rotatable bonds is 7. The molecule has 20 heavy (non-hydrogen) atoms. The lowest BCUT2D eigenvalue weighted by molar-refractivity contribution is -0.140. The summed E-state index contributed by atoms with van der Waals surface area (Å²) in [6.07, 6.45) is 0.738. The van der Waals surface area contributed by atoms with Gasteiger partial charge in [-0.15, -0.1) is 0 Å². The highest BCUT2D eigenvalue weighted by Crippen LogP contribution is 2.06. The molecule has 0 bridgehead atoms. The minimum Gasteiger partial charge on any atom is -0.481 e. The van der Waals surface area contributed by atoms with Crippen LogP contribution in [-0.2, 0) is 9.59 Å². The van der Waals surface area contributed by atoms with Crippen LogP contribution in [-0.4, -0.2) is 44.9 Å². The van der Waals surface area contributed by atoms with Gasteiger partial charge in [-0.3, -0.25) is 14.4 Å². The zero-order valence-corrected chi connectivity index (χ0v) is 10.7. The molecule has 0 saturated heterocycles. The summed E-state index contributed by atoms with van der Waals surface area (Å²) in [5, 5.41) is 19.6. The summed E-state index contributed by atoms with van der Waals surface area (Å²) >= 11 is 0. The Labute approximate surface area is 113 Å². The van der Waals surface area contributed by atoms with E-state index in [1.54, 1.807) is 0 Å². The molecule has 8 nitrogen and oxygen atoms in total. The van der Waals surface area contributed by atoms with E-state index in [2.05, 4.69) is 10.3 Å². The smallest absolute Gasteiger partial charge is 0.326 e. The fraction of sp³-hybridized carbons (Fsp3) is 0.333. The van der Waals surface area contributed by atoms with Gasteiger partial charge in [0.2, 0.25) is 0 Å². The van der Waals surface area contributed by atoms with Crippen LogP contribution < -0.4 is 5.32 Å². The Kier molecular flexibility index (Phi) is 5.01. The van der Waals surface area contributed by atoms with E-state index in [0.29, 0.717) is 5.56 Å². The summed E-state index contributed by atoms with van der Waals surface area (Å²) in [4.78, 5) is 46.7. The Bertz CT molecular complexity index is 548. The van der Waals surface area contributed by atoms with Crippen molar-refractivity contribution in [2.45, 2.75) is 25.8 Å². The first kappa shape index (κ1) is 15.4. The molecule has 0 fully saturated rings. The molecule has 0 saturated carbocycles. The molecule has 0 aliphatic carbocycles. The van der Waals surface area contributed by atoms with Gasteiger partial charge in [-0.1, -0.05) is 0 Å². The number of H-pyrrole nitrogens is 1. The van der Waals surface area contributed by atoms with Gasteiger partial charge in [-0.25, -0.2) is 4.79 Å². The minimum absolute atomic E-state index is 0.0387. The second kappa shape index (κ2) is 6.50. The molecule has 0 radical (unpaired) electrons. The molecule has 4 N–H and O–H groups in total. The monoisotopic (exact) mass is 282 g/mol. The topological polar surface area (TPSA) is 137 Å². The molecule has 1 atom stereocenters. The number of hydrogen-bond acceptors (Lipinski definition) is 4. The molecule has 0 unspecified atom stereocenters. The van der Waals surface area contributed by atoms with Gasteiger partial charge in [-0.05, 0) is 19.4 Å². The van der Waals surface area contributed by atoms with Crippen LogP contribution in [0.15, 0.2) is 12.3 Å². The molecule has 0 aliphatic rings. The molecule has 1 aromatic rings. The van der Waals surface area contributed by atoms with Crippen molar-refractivity contribution in [2.75, 3.05) is 0 Å². The van der Waals surface area contributed by atoms with E-state index in [1.807, 2.05) is 0 Å². The number of carboxylic acids is 2. The maximum absolute atomic E-state index is 11.8. The van der Waals surface area contributed by atoms with Crippen molar-refractivity contribution in [3.05, 3.63) is 23.5 Å². The van der Waals surface area contributed by atoms with Crippen molar-refractivity contribution in [3.63, 3.8) is 0 Å².